The maximum absolute atomic E-state index is 12.8. The van der Waals surface area contributed by atoms with Gasteiger partial charge >= 0.3 is 0 Å². The number of halogens is 1. The van der Waals surface area contributed by atoms with Crippen molar-refractivity contribution in [3.63, 3.8) is 0 Å². The molecule has 6 nitrogen and oxygen atoms in total. The molecule has 2 aliphatic rings. The van der Waals surface area contributed by atoms with Crippen molar-refractivity contribution in [3.05, 3.63) is 55.9 Å². The number of aryl methyl sites for hydroxylation is 3. The van der Waals surface area contributed by atoms with Gasteiger partial charge in [-0.3, -0.25) is 9.59 Å². The van der Waals surface area contributed by atoms with Gasteiger partial charge in [0.15, 0.2) is 0 Å². The van der Waals surface area contributed by atoms with Crippen LogP contribution in [0.4, 0.5) is 5.69 Å². The predicted octanol–water partition coefficient (Wildman–Crippen LogP) is 4.19. The number of fused-ring (bicyclic) bond motifs is 3. The van der Waals surface area contributed by atoms with Gasteiger partial charge in [-0.15, -0.1) is 11.3 Å². The smallest absolute Gasteiger partial charge is 0.259 e. The predicted molar refractivity (Wildman–Crippen MR) is 130 cm³/mol. The van der Waals surface area contributed by atoms with Gasteiger partial charge in [0.1, 0.15) is 10.7 Å². The van der Waals surface area contributed by atoms with Crippen LogP contribution in [-0.2, 0) is 24.1 Å². The zero-order valence-corrected chi connectivity index (χ0v) is 19.6. The third kappa shape index (κ3) is 4.41. The summed E-state index contributed by atoms with van der Waals surface area (Å²) in [4.78, 5) is 39.6. The second kappa shape index (κ2) is 9.24. The molecule has 0 saturated carbocycles. The molecule has 1 N–H and O–H groups in total. The van der Waals surface area contributed by atoms with Crippen molar-refractivity contribution < 1.29 is 4.79 Å². The van der Waals surface area contributed by atoms with Crippen LogP contribution in [0.25, 0.3) is 10.2 Å². The van der Waals surface area contributed by atoms with Gasteiger partial charge in [-0.05, 0) is 49.4 Å². The minimum Gasteiger partial charge on any atom is -0.368 e. The third-order valence-electron chi connectivity index (χ3n) is 6.51. The number of thiophene rings is 1. The van der Waals surface area contributed by atoms with E-state index in [-0.39, 0.29) is 11.5 Å². The average molecular weight is 471 g/mol. The topological polar surface area (TPSA) is 69.3 Å². The number of hydrogen-bond donors (Lipinski definition) is 1. The summed E-state index contributed by atoms with van der Waals surface area (Å²) < 4.78 is 0. The van der Waals surface area contributed by atoms with E-state index in [9.17, 15) is 9.59 Å². The van der Waals surface area contributed by atoms with Crippen molar-refractivity contribution in [2.45, 2.75) is 44.9 Å². The average Bonchev–Trinajstić information content (AvgIpc) is 2.99. The lowest BCUT2D eigenvalue weighted by Gasteiger charge is -2.36. The molecule has 1 aliphatic heterocycles. The third-order valence-corrected chi connectivity index (χ3v) is 7.93. The number of piperazine rings is 1. The molecule has 8 heteroatoms. The number of carbonyl (C=O) groups excluding carboxylic acids is 1. The molecule has 1 amide bonds. The molecular formula is C24H27ClN4O2S. The Morgan fingerprint density at radius 2 is 1.94 bits per heavy atom. The van der Waals surface area contributed by atoms with E-state index in [1.807, 2.05) is 29.2 Å². The van der Waals surface area contributed by atoms with E-state index in [1.165, 1.54) is 23.3 Å². The lowest BCUT2D eigenvalue weighted by atomic mass is 10.1. The Balaban J connectivity index is 1.21. The summed E-state index contributed by atoms with van der Waals surface area (Å²) in [6.45, 7) is 2.94. The van der Waals surface area contributed by atoms with Gasteiger partial charge in [-0.1, -0.05) is 24.1 Å². The number of H-pyrrole nitrogens is 1. The molecule has 0 spiro atoms. The number of aromatic nitrogens is 2. The summed E-state index contributed by atoms with van der Waals surface area (Å²) in [5.74, 6) is 0.727. The Morgan fingerprint density at radius 1 is 1.12 bits per heavy atom. The zero-order valence-electron chi connectivity index (χ0n) is 18.0. The first-order chi connectivity index (χ1) is 15.6. The van der Waals surface area contributed by atoms with Crippen LogP contribution in [0.2, 0.25) is 5.02 Å². The molecule has 2 aromatic heterocycles. The Bertz CT molecular complexity index is 1200. The number of benzene rings is 1. The van der Waals surface area contributed by atoms with E-state index >= 15 is 0 Å². The Hall–Kier alpha value is -2.38. The van der Waals surface area contributed by atoms with Crippen molar-refractivity contribution in [3.8, 4) is 0 Å². The molecule has 168 valence electrons. The fourth-order valence-electron chi connectivity index (χ4n) is 4.77. The van der Waals surface area contributed by atoms with Crippen LogP contribution in [-0.4, -0.2) is 47.0 Å². The fraction of sp³-hybridized carbons (Fsp3) is 0.458. The first kappa shape index (κ1) is 21.5. The molecule has 1 saturated heterocycles. The van der Waals surface area contributed by atoms with E-state index in [0.29, 0.717) is 31.8 Å². The van der Waals surface area contributed by atoms with Crippen LogP contribution in [0, 0.1) is 0 Å². The maximum atomic E-state index is 12.8. The van der Waals surface area contributed by atoms with Crippen LogP contribution in [0.1, 0.15) is 41.9 Å². The van der Waals surface area contributed by atoms with Crippen molar-refractivity contribution in [1.29, 1.82) is 0 Å². The minimum absolute atomic E-state index is 0.0491. The Morgan fingerprint density at radius 3 is 2.75 bits per heavy atom. The number of hydrogen-bond acceptors (Lipinski definition) is 5. The second-order valence-corrected chi connectivity index (χ2v) is 10.1. The van der Waals surface area contributed by atoms with Gasteiger partial charge in [0.2, 0.25) is 5.91 Å². The molecule has 0 radical (unpaired) electrons. The molecule has 3 aromatic rings. The van der Waals surface area contributed by atoms with Crippen molar-refractivity contribution in [2.24, 2.45) is 0 Å². The molecule has 32 heavy (non-hydrogen) atoms. The molecule has 1 fully saturated rings. The molecule has 0 bridgehead atoms. The normalized spacial score (nSPS) is 16.8. The van der Waals surface area contributed by atoms with Crippen LogP contribution >= 0.6 is 22.9 Å². The number of rotatable bonds is 4. The standard InChI is InChI=1S/C24H27ClN4O2S/c25-16-5-4-6-17(15-16)28-11-13-29(14-12-28)21(30)10-9-20-26-23(31)22-18-7-2-1-3-8-19(18)32-24(22)27-20/h4-6,15H,1-3,7-14H2,(H,26,27,31). The number of nitrogens with one attached hydrogen (secondary N) is 1. The van der Waals surface area contributed by atoms with Crippen LogP contribution in [0.15, 0.2) is 29.1 Å². The van der Waals surface area contributed by atoms with Gasteiger partial charge < -0.3 is 14.8 Å². The van der Waals surface area contributed by atoms with Crippen LogP contribution < -0.4 is 10.5 Å². The molecule has 5 rings (SSSR count). The number of anilines is 1. The molecule has 0 atom stereocenters. The summed E-state index contributed by atoms with van der Waals surface area (Å²) in [6, 6.07) is 7.83. The number of aromatic amines is 1. The van der Waals surface area contributed by atoms with Crippen LogP contribution in [0.3, 0.4) is 0 Å². The van der Waals surface area contributed by atoms with E-state index in [4.69, 9.17) is 16.6 Å². The van der Waals surface area contributed by atoms with Gasteiger partial charge in [0, 0.05) is 54.6 Å². The van der Waals surface area contributed by atoms with E-state index in [1.54, 1.807) is 11.3 Å². The highest BCUT2D eigenvalue weighted by molar-refractivity contribution is 7.18. The minimum atomic E-state index is -0.0491. The van der Waals surface area contributed by atoms with E-state index in [2.05, 4.69) is 9.88 Å². The van der Waals surface area contributed by atoms with Gasteiger partial charge in [0.05, 0.1) is 5.39 Å². The Labute approximate surface area is 196 Å². The van der Waals surface area contributed by atoms with Gasteiger partial charge in [-0.25, -0.2) is 4.98 Å². The quantitative estimate of drug-likeness (QED) is 0.580. The number of carbonyl (C=O) groups is 1. The zero-order chi connectivity index (χ0) is 22.1. The summed E-state index contributed by atoms with van der Waals surface area (Å²) >= 11 is 7.77. The SMILES string of the molecule is O=C(CCc1nc2sc3c(c2c(=O)[nH]1)CCCCC3)N1CCN(c2cccc(Cl)c2)CC1. The van der Waals surface area contributed by atoms with E-state index in [0.717, 1.165) is 53.3 Å². The van der Waals surface area contributed by atoms with Crippen molar-refractivity contribution >= 4 is 44.7 Å². The number of nitrogens with zero attached hydrogens (tertiary/aromatic N) is 3. The van der Waals surface area contributed by atoms with E-state index < -0.39 is 0 Å². The molecule has 3 heterocycles. The lowest BCUT2D eigenvalue weighted by molar-refractivity contribution is -0.131. The fourth-order valence-corrected chi connectivity index (χ4v) is 6.24. The highest BCUT2D eigenvalue weighted by Gasteiger charge is 2.22. The first-order valence-corrected chi connectivity index (χ1v) is 12.6. The highest BCUT2D eigenvalue weighted by Crippen LogP contribution is 2.32. The number of amides is 1. The molecule has 1 aliphatic carbocycles. The van der Waals surface area contributed by atoms with Gasteiger partial charge in [-0.2, -0.15) is 0 Å². The molecular weight excluding hydrogens is 444 g/mol. The molecule has 0 unspecified atom stereocenters. The summed E-state index contributed by atoms with van der Waals surface area (Å²) in [5, 5.41) is 1.50. The van der Waals surface area contributed by atoms with Crippen molar-refractivity contribution in [2.75, 3.05) is 31.1 Å². The Kier molecular flexibility index (Phi) is 6.20. The highest BCUT2D eigenvalue weighted by atomic mass is 35.5. The second-order valence-electron chi connectivity index (χ2n) is 8.60. The van der Waals surface area contributed by atoms with Gasteiger partial charge in [0.25, 0.3) is 5.56 Å². The van der Waals surface area contributed by atoms with Crippen LogP contribution in [0.5, 0.6) is 0 Å². The van der Waals surface area contributed by atoms with Crippen molar-refractivity contribution in [1.82, 2.24) is 14.9 Å². The summed E-state index contributed by atoms with van der Waals surface area (Å²) in [7, 11) is 0. The maximum Gasteiger partial charge on any atom is 0.259 e. The first-order valence-electron chi connectivity index (χ1n) is 11.4. The summed E-state index contributed by atoms with van der Waals surface area (Å²) in [6.07, 6.45) is 6.38. The monoisotopic (exact) mass is 470 g/mol. The molecule has 1 aromatic carbocycles. The summed E-state index contributed by atoms with van der Waals surface area (Å²) in [5.41, 5.74) is 2.25. The lowest BCUT2D eigenvalue weighted by Crippen LogP contribution is -2.48. The largest absolute Gasteiger partial charge is 0.368 e.